The fourth-order valence-electron chi connectivity index (χ4n) is 1.99. The van der Waals surface area contributed by atoms with Gasteiger partial charge in [0, 0.05) is 12.2 Å². The molecule has 0 bridgehead atoms. The van der Waals surface area contributed by atoms with Crippen LogP contribution in [-0.4, -0.2) is 17.4 Å². The van der Waals surface area contributed by atoms with Gasteiger partial charge >= 0.3 is 6.18 Å². The van der Waals surface area contributed by atoms with E-state index in [4.69, 9.17) is 0 Å². The second kappa shape index (κ2) is 7.23. The molecule has 2 aromatic rings. The van der Waals surface area contributed by atoms with Crippen LogP contribution in [0.25, 0.3) is 0 Å². The number of rotatable bonds is 5. The predicted octanol–water partition coefficient (Wildman–Crippen LogP) is 3.39. The standard InChI is InChI=1S/C16H16F3N3O/c1-11(12-4-2-5-13(8-12)16(17,18)19)21-10-15(23)22-14-6-3-7-20-9-14/h2-9,11,21H,10H2,1H3,(H,22,23). The highest BCUT2D eigenvalue weighted by Crippen LogP contribution is 2.30. The molecule has 1 aromatic carbocycles. The molecule has 2 N–H and O–H groups in total. The third-order valence-corrected chi connectivity index (χ3v) is 3.23. The second-order valence-corrected chi connectivity index (χ2v) is 5.02. The van der Waals surface area contributed by atoms with Crippen molar-refractivity contribution < 1.29 is 18.0 Å². The Bertz CT molecular complexity index is 659. The maximum atomic E-state index is 12.7. The summed E-state index contributed by atoms with van der Waals surface area (Å²) in [7, 11) is 0. The van der Waals surface area contributed by atoms with Gasteiger partial charge in [-0.3, -0.25) is 9.78 Å². The average Bonchev–Trinajstić information content (AvgIpc) is 2.53. The van der Waals surface area contributed by atoms with E-state index in [1.807, 2.05) is 0 Å². The number of halogens is 3. The van der Waals surface area contributed by atoms with Crippen LogP contribution in [0, 0.1) is 0 Å². The van der Waals surface area contributed by atoms with Crippen molar-refractivity contribution in [3.63, 3.8) is 0 Å². The fraction of sp³-hybridized carbons (Fsp3) is 0.250. The second-order valence-electron chi connectivity index (χ2n) is 5.02. The van der Waals surface area contributed by atoms with Gasteiger partial charge in [0.2, 0.25) is 5.91 Å². The Labute approximate surface area is 131 Å². The Morgan fingerprint density at radius 3 is 2.70 bits per heavy atom. The topological polar surface area (TPSA) is 54.0 Å². The zero-order chi connectivity index (χ0) is 16.9. The molecule has 4 nitrogen and oxygen atoms in total. The molecular formula is C16H16F3N3O. The Morgan fingerprint density at radius 2 is 2.04 bits per heavy atom. The van der Waals surface area contributed by atoms with Crippen molar-refractivity contribution in [2.24, 2.45) is 0 Å². The minimum atomic E-state index is -4.38. The summed E-state index contributed by atoms with van der Waals surface area (Å²) in [6.07, 6.45) is -1.29. The van der Waals surface area contributed by atoms with Gasteiger partial charge in [0.15, 0.2) is 0 Å². The lowest BCUT2D eigenvalue weighted by atomic mass is 10.0. The maximum Gasteiger partial charge on any atom is 0.416 e. The largest absolute Gasteiger partial charge is 0.416 e. The number of carbonyl (C=O) groups excluding carboxylic acids is 1. The summed E-state index contributed by atoms with van der Waals surface area (Å²) < 4.78 is 38.1. The van der Waals surface area contributed by atoms with Gasteiger partial charge in [0.1, 0.15) is 0 Å². The Morgan fingerprint density at radius 1 is 1.26 bits per heavy atom. The Hall–Kier alpha value is -2.41. The zero-order valence-electron chi connectivity index (χ0n) is 12.4. The van der Waals surface area contributed by atoms with Gasteiger partial charge in [0.25, 0.3) is 0 Å². The third kappa shape index (κ3) is 5.07. The molecule has 1 amide bonds. The number of nitrogens with zero attached hydrogens (tertiary/aromatic N) is 1. The zero-order valence-corrected chi connectivity index (χ0v) is 12.4. The first-order chi connectivity index (χ1) is 10.9. The smallest absolute Gasteiger partial charge is 0.324 e. The summed E-state index contributed by atoms with van der Waals surface area (Å²) in [6.45, 7) is 1.68. The van der Waals surface area contributed by atoms with E-state index in [1.165, 1.54) is 12.3 Å². The number of hydrogen-bond acceptors (Lipinski definition) is 3. The van der Waals surface area contributed by atoms with Gasteiger partial charge in [0.05, 0.1) is 24.0 Å². The number of benzene rings is 1. The van der Waals surface area contributed by atoms with Crippen molar-refractivity contribution >= 4 is 11.6 Å². The van der Waals surface area contributed by atoms with E-state index < -0.39 is 17.8 Å². The normalized spacial score (nSPS) is 12.7. The van der Waals surface area contributed by atoms with Gasteiger partial charge in [-0.25, -0.2) is 0 Å². The summed E-state index contributed by atoms with van der Waals surface area (Å²) in [6, 6.07) is 8.03. The minimum Gasteiger partial charge on any atom is -0.324 e. The summed E-state index contributed by atoms with van der Waals surface area (Å²) in [5.74, 6) is -0.295. The number of pyridine rings is 1. The lowest BCUT2D eigenvalue weighted by Gasteiger charge is -2.16. The SMILES string of the molecule is CC(NCC(=O)Nc1cccnc1)c1cccc(C(F)(F)F)c1. The van der Waals surface area contributed by atoms with E-state index >= 15 is 0 Å². The van der Waals surface area contributed by atoms with Crippen molar-refractivity contribution in [3.05, 3.63) is 59.9 Å². The van der Waals surface area contributed by atoms with Crippen LogP contribution in [0.2, 0.25) is 0 Å². The van der Waals surface area contributed by atoms with Gasteiger partial charge in [-0.15, -0.1) is 0 Å². The molecule has 0 spiro atoms. The average molecular weight is 323 g/mol. The maximum absolute atomic E-state index is 12.7. The molecule has 0 aliphatic rings. The molecule has 0 saturated heterocycles. The van der Waals surface area contributed by atoms with E-state index in [0.29, 0.717) is 11.3 Å². The molecule has 0 aliphatic carbocycles. The van der Waals surface area contributed by atoms with E-state index in [2.05, 4.69) is 15.6 Å². The molecule has 0 aliphatic heterocycles. The predicted molar refractivity (Wildman–Crippen MR) is 80.7 cm³/mol. The summed E-state index contributed by atoms with van der Waals surface area (Å²) in [5, 5.41) is 5.54. The van der Waals surface area contributed by atoms with Crippen LogP contribution in [0.3, 0.4) is 0 Å². The quantitative estimate of drug-likeness (QED) is 0.887. The molecule has 23 heavy (non-hydrogen) atoms. The molecule has 7 heteroatoms. The van der Waals surface area contributed by atoms with E-state index in [0.717, 1.165) is 12.1 Å². The van der Waals surface area contributed by atoms with Crippen LogP contribution in [0.4, 0.5) is 18.9 Å². The van der Waals surface area contributed by atoms with Crippen molar-refractivity contribution in [1.29, 1.82) is 0 Å². The molecule has 2 rings (SSSR count). The third-order valence-electron chi connectivity index (χ3n) is 3.23. The van der Waals surface area contributed by atoms with Gasteiger partial charge in [-0.1, -0.05) is 12.1 Å². The number of hydrogen-bond donors (Lipinski definition) is 2. The molecule has 0 saturated carbocycles. The molecule has 1 aromatic heterocycles. The van der Waals surface area contributed by atoms with E-state index in [9.17, 15) is 18.0 Å². The molecule has 122 valence electrons. The molecule has 1 heterocycles. The highest BCUT2D eigenvalue weighted by atomic mass is 19.4. The number of amides is 1. The van der Waals surface area contributed by atoms with Crippen LogP contribution in [0.1, 0.15) is 24.1 Å². The lowest BCUT2D eigenvalue weighted by Crippen LogP contribution is -2.30. The lowest BCUT2D eigenvalue weighted by molar-refractivity contribution is -0.137. The van der Waals surface area contributed by atoms with Crippen LogP contribution in [0.15, 0.2) is 48.8 Å². The molecular weight excluding hydrogens is 307 g/mol. The first kappa shape index (κ1) is 17.0. The highest BCUT2D eigenvalue weighted by Gasteiger charge is 2.30. The van der Waals surface area contributed by atoms with Crippen molar-refractivity contribution in [2.45, 2.75) is 19.1 Å². The number of anilines is 1. The molecule has 0 fully saturated rings. The first-order valence-electron chi connectivity index (χ1n) is 6.96. The van der Waals surface area contributed by atoms with Gasteiger partial charge < -0.3 is 10.6 Å². The number of aromatic nitrogens is 1. The highest BCUT2D eigenvalue weighted by molar-refractivity contribution is 5.92. The monoisotopic (exact) mass is 323 g/mol. The van der Waals surface area contributed by atoms with Crippen LogP contribution in [0.5, 0.6) is 0 Å². The van der Waals surface area contributed by atoms with Crippen molar-refractivity contribution in [2.75, 3.05) is 11.9 Å². The fourth-order valence-corrected chi connectivity index (χ4v) is 1.99. The van der Waals surface area contributed by atoms with Crippen LogP contribution < -0.4 is 10.6 Å². The summed E-state index contributed by atoms with van der Waals surface area (Å²) >= 11 is 0. The Kier molecular flexibility index (Phi) is 5.33. The van der Waals surface area contributed by atoms with Gasteiger partial charge in [-0.05, 0) is 36.8 Å². The van der Waals surface area contributed by atoms with Crippen LogP contribution >= 0.6 is 0 Å². The molecule has 1 unspecified atom stereocenters. The van der Waals surface area contributed by atoms with Crippen molar-refractivity contribution in [1.82, 2.24) is 10.3 Å². The van der Waals surface area contributed by atoms with E-state index in [1.54, 1.807) is 31.3 Å². The van der Waals surface area contributed by atoms with Gasteiger partial charge in [-0.2, -0.15) is 13.2 Å². The number of carbonyl (C=O) groups is 1. The molecule has 1 atom stereocenters. The number of nitrogens with one attached hydrogen (secondary N) is 2. The molecule has 0 radical (unpaired) electrons. The van der Waals surface area contributed by atoms with Crippen LogP contribution in [-0.2, 0) is 11.0 Å². The summed E-state index contributed by atoms with van der Waals surface area (Å²) in [5.41, 5.74) is 0.323. The minimum absolute atomic E-state index is 0.0215. The number of alkyl halides is 3. The first-order valence-corrected chi connectivity index (χ1v) is 6.96. The van der Waals surface area contributed by atoms with Crippen molar-refractivity contribution in [3.8, 4) is 0 Å². The Balaban J connectivity index is 1.92. The van der Waals surface area contributed by atoms with E-state index in [-0.39, 0.29) is 12.5 Å². The summed E-state index contributed by atoms with van der Waals surface area (Å²) in [4.78, 5) is 15.7.